The molecule has 2 amide bonds. The molecule has 2 aliphatic heterocycles. The summed E-state index contributed by atoms with van der Waals surface area (Å²) in [5, 5.41) is 29.8. The zero-order valence-corrected chi connectivity index (χ0v) is 17.2. The van der Waals surface area contributed by atoms with Gasteiger partial charge in [0.25, 0.3) is 0 Å². The summed E-state index contributed by atoms with van der Waals surface area (Å²) < 4.78 is 1.95. The Morgan fingerprint density at radius 3 is 2.71 bits per heavy atom. The number of rotatable bonds is 3. The molecule has 8 heteroatoms. The summed E-state index contributed by atoms with van der Waals surface area (Å²) in [6.07, 6.45) is 2.66. The summed E-state index contributed by atoms with van der Waals surface area (Å²) in [7, 11) is 0. The maximum Gasteiger partial charge on any atom is 0.317 e. The van der Waals surface area contributed by atoms with Gasteiger partial charge in [-0.3, -0.25) is 4.68 Å². The fraction of sp³-hybridized carbons (Fsp3) is 0.600. The first-order chi connectivity index (χ1) is 13.1. The lowest BCUT2D eigenvalue weighted by Gasteiger charge is -2.43. The first kappa shape index (κ1) is 19.5. The zero-order valence-electron chi connectivity index (χ0n) is 16.4. The van der Waals surface area contributed by atoms with E-state index in [-0.39, 0.29) is 18.5 Å². The first-order valence-corrected chi connectivity index (χ1v) is 10.1. The number of urea groups is 1. The van der Waals surface area contributed by atoms with Gasteiger partial charge in [-0.1, -0.05) is 11.6 Å². The summed E-state index contributed by atoms with van der Waals surface area (Å²) in [5.41, 5.74) is 0.274. The number of hydrogen-bond acceptors (Lipinski definition) is 4. The van der Waals surface area contributed by atoms with E-state index in [1.54, 1.807) is 24.9 Å². The van der Waals surface area contributed by atoms with Gasteiger partial charge in [0.1, 0.15) is 6.10 Å². The van der Waals surface area contributed by atoms with Crippen LogP contribution in [0.4, 0.5) is 4.79 Å². The molecule has 3 heterocycles. The molecule has 1 aromatic heterocycles. The topological polar surface area (TPSA) is 90.6 Å². The van der Waals surface area contributed by atoms with Crippen molar-refractivity contribution in [3.63, 3.8) is 0 Å². The van der Waals surface area contributed by atoms with Crippen LogP contribution in [-0.2, 0) is 5.54 Å². The molecule has 152 valence electrons. The molecule has 2 atom stereocenters. The minimum absolute atomic E-state index is 0.158. The number of aromatic nitrogens is 2. The normalized spacial score (nSPS) is 25.5. The number of aliphatic hydroxyl groups excluding tert-OH is 1. The van der Waals surface area contributed by atoms with E-state index in [1.807, 2.05) is 23.7 Å². The predicted molar refractivity (Wildman–Crippen MR) is 107 cm³/mol. The number of likely N-dealkylation sites (tertiary alicyclic amines) is 1. The van der Waals surface area contributed by atoms with Crippen molar-refractivity contribution in [1.82, 2.24) is 20.0 Å². The van der Waals surface area contributed by atoms with Crippen molar-refractivity contribution in [2.24, 2.45) is 5.92 Å². The number of piperidine rings is 1. The van der Waals surface area contributed by atoms with Crippen LogP contribution >= 0.6 is 11.6 Å². The van der Waals surface area contributed by atoms with Crippen molar-refractivity contribution >= 4 is 28.5 Å². The number of hydrogen-bond donors (Lipinski definition) is 3. The van der Waals surface area contributed by atoms with Crippen molar-refractivity contribution in [2.75, 3.05) is 19.6 Å². The van der Waals surface area contributed by atoms with Crippen LogP contribution in [0.15, 0.2) is 18.3 Å². The van der Waals surface area contributed by atoms with E-state index in [9.17, 15) is 15.0 Å². The van der Waals surface area contributed by atoms with Crippen LogP contribution < -0.4 is 5.32 Å². The Balaban J connectivity index is 1.50. The van der Waals surface area contributed by atoms with Crippen LogP contribution in [0.2, 0.25) is 5.02 Å². The highest BCUT2D eigenvalue weighted by atomic mass is 35.5. The number of amides is 2. The number of aliphatic hydroxyl groups is 2. The molecular weight excluding hydrogens is 380 g/mol. The van der Waals surface area contributed by atoms with Gasteiger partial charge < -0.3 is 20.4 Å². The molecule has 1 unspecified atom stereocenters. The zero-order chi connectivity index (χ0) is 20.3. The minimum Gasteiger partial charge on any atom is -0.389 e. The number of nitrogens with one attached hydrogen (secondary N) is 1. The highest BCUT2D eigenvalue weighted by Crippen LogP contribution is 2.51. The predicted octanol–water partition coefficient (Wildman–Crippen LogP) is 2.64. The number of carbonyl (C=O) groups excluding carboxylic acids is 1. The average Bonchev–Trinajstić information content (AvgIpc) is 3.16. The lowest BCUT2D eigenvalue weighted by molar-refractivity contribution is -0.0119. The third kappa shape index (κ3) is 3.06. The van der Waals surface area contributed by atoms with Crippen molar-refractivity contribution < 1.29 is 15.0 Å². The van der Waals surface area contributed by atoms with Crippen LogP contribution in [0.1, 0.15) is 45.3 Å². The summed E-state index contributed by atoms with van der Waals surface area (Å²) in [6.45, 7) is 6.79. The van der Waals surface area contributed by atoms with Gasteiger partial charge in [0.05, 0.1) is 22.9 Å². The second-order valence-corrected chi connectivity index (χ2v) is 9.29. The molecule has 2 aromatic rings. The van der Waals surface area contributed by atoms with Crippen LogP contribution in [0.25, 0.3) is 10.9 Å². The van der Waals surface area contributed by atoms with Crippen molar-refractivity contribution in [3.8, 4) is 0 Å². The quantitative estimate of drug-likeness (QED) is 0.730. The molecule has 4 rings (SSSR count). The molecule has 0 saturated carbocycles. The molecule has 28 heavy (non-hydrogen) atoms. The molecule has 3 N–H and O–H groups in total. The van der Waals surface area contributed by atoms with E-state index in [4.69, 9.17) is 11.6 Å². The molecule has 0 aliphatic carbocycles. The molecule has 2 aliphatic rings. The number of nitrogens with zero attached hydrogens (tertiary/aromatic N) is 3. The summed E-state index contributed by atoms with van der Waals surface area (Å²) in [5.74, 6) is 0.176. The van der Waals surface area contributed by atoms with Gasteiger partial charge in [0.15, 0.2) is 0 Å². The Kier molecular flexibility index (Phi) is 4.60. The molecule has 0 radical (unpaired) electrons. The molecule has 7 nitrogen and oxygen atoms in total. The van der Waals surface area contributed by atoms with Crippen molar-refractivity contribution in [1.29, 1.82) is 0 Å². The van der Waals surface area contributed by atoms with E-state index in [0.29, 0.717) is 18.1 Å². The Morgan fingerprint density at radius 1 is 1.39 bits per heavy atom. The fourth-order valence-electron chi connectivity index (χ4n) is 4.63. The van der Waals surface area contributed by atoms with Gasteiger partial charge in [-0.15, -0.1) is 0 Å². The third-order valence-corrected chi connectivity index (χ3v) is 6.46. The van der Waals surface area contributed by atoms with Crippen molar-refractivity contribution in [3.05, 3.63) is 28.9 Å². The Hall–Kier alpha value is -1.83. The summed E-state index contributed by atoms with van der Waals surface area (Å²) >= 11 is 6.23. The fourth-order valence-corrected chi connectivity index (χ4v) is 4.87. The van der Waals surface area contributed by atoms with Gasteiger partial charge >= 0.3 is 6.03 Å². The largest absolute Gasteiger partial charge is 0.389 e. The molecular formula is C20H27ClN4O3. The molecule has 1 fully saturated rings. The summed E-state index contributed by atoms with van der Waals surface area (Å²) in [6, 6.07) is 3.55. The SMILES string of the molecule is CC(C)(O)CNC(=O)N1CCC(C2(C)[C@H](O)c3cc(Cl)cc4cnn2c34)CC1. The number of halogens is 1. The second kappa shape index (κ2) is 6.61. The summed E-state index contributed by atoms with van der Waals surface area (Å²) in [4.78, 5) is 14.1. The van der Waals surface area contributed by atoms with Gasteiger partial charge in [-0.2, -0.15) is 5.10 Å². The second-order valence-electron chi connectivity index (χ2n) is 8.85. The molecule has 1 aromatic carbocycles. The maximum atomic E-state index is 12.4. The van der Waals surface area contributed by atoms with Crippen LogP contribution in [0.3, 0.4) is 0 Å². The van der Waals surface area contributed by atoms with E-state index < -0.39 is 17.2 Å². The van der Waals surface area contributed by atoms with E-state index in [0.717, 1.165) is 29.3 Å². The van der Waals surface area contributed by atoms with E-state index in [2.05, 4.69) is 10.4 Å². The number of benzene rings is 1. The Bertz CT molecular complexity index is 914. The highest BCUT2D eigenvalue weighted by molar-refractivity contribution is 6.31. The standard InChI is InChI=1S/C20H27ClN4O3/c1-19(2,28)11-22-18(27)24-6-4-13(5-7-24)20(3)17(26)15-9-14(21)8-12-10-23-25(20)16(12)15/h8-10,13,17,26,28H,4-7,11H2,1-3H3,(H,22,27)/t17-,20?/m1/s1. The third-order valence-electron chi connectivity index (χ3n) is 6.24. The lowest BCUT2D eigenvalue weighted by Crippen LogP contribution is -2.51. The van der Waals surface area contributed by atoms with E-state index in [1.165, 1.54) is 0 Å². The maximum absolute atomic E-state index is 12.4. The monoisotopic (exact) mass is 406 g/mol. The Morgan fingerprint density at radius 2 is 2.07 bits per heavy atom. The van der Waals surface area contributed by atoms with Gasteiger partial charge in [-0.05, 0) is 51.7 Å². The highest BCUT2D eigenvalue weighted by Gasteiger charge is 2.50. The van der Waals surface area contributed by atoms with Gasteiger partial charge in [-0.25, -0.2) is 4.79 Å². The first-order valence-electron chi connectivity index (χ1n) is 9.72. The molecule has 0 bridgehead atoms. The lowest BCUT2D eigenvalue weighted by atomic mass is 9.75. The van der Waals surface area contributed by atoms with Crippen LogP contribution in [0, 0.1) is 5.92 Å². The Labute approximate surface area is 169 Å². The molecule has 1 saturated heterocycles. The van der Waals surface area contributed by atoms with Crippen LogP contribution in [-0.4, -0.2) is 56.2 Å². The molecule has 0 spiro atoms. The van der Waals surface area contributed by atoms with Crippen molar-refractivity contribution in [2.45, 2.75) is 50.9 Å². The smallest absolute Gasteiger partial charge is 0.317 e. The van der Waals surface area contributed by atoms with E-state index >= 15 is 0 Å². The van der Waals surface area contributed by atoms with Gasteiger partial charge in [0.2, 0.25) is 0 Å². The van der Waals surface area contributed by atoms with Gasteiger partial charge in [0, 0.05) is 35.6 Å². The minimum atomic E-state index is -0.937. The van der Waals surface area contributed by atoms with Crippen LogP contribution in [0.5, 0.6) is 0 Å². The average molecular weight is 407 g/mol. The number of carbonyl (C=O) groups is 1.